The molecule has 0 aliphatic carbocycles. The fourth-order valence-electron chi connectivity index (χ4n) is 2.67. The third kappa shape index (κ3) is 16.3. The summed E-state index contributed by atoms with van der Waals surface area (Å²) in [6.45, 7) is 14.0. The molecule has 8 heteroatoms. The van der Waals surface area contributed by atoms with Crippen LogP contribution in [0.25, 0.3) is 0 Å². The van der Waals surface area contributed by atoms with E-state index >= 15 is 0 Å². The molecule has 2 nitrogen and oxygen atoms in total. The first kappa shape index (κ1) is 36.7. The first-order chi connectivity index (χ1) is 16.8. The van der Waals surface area contributed by atoms with Gasteiger partial charge in [0.15, 0.2) is 0 Å². The molecule has 36 heavy (non-hydrogen) atoms. The van der Waals surface area contributed by atoms with E-state index in [1.807, 2.05) is 52.1 Å². The minimum atomic E-state index is -3.95. The number of alkyl halides is 3. The van der Waals surface area contributed by atoms with Gasteiger partial charge in [-0.3, -0.25) is 0 Å². The maximum atomic E-state index is 11.2. The van der Waals surface area contributed by atoms with Gasteiger partial charge >= 0.3 is 6.18 Å². The minimum Gasteiger partial charge on any atom is -0.497 e. The van der Waals surface area contributed by atoms with E-state index < -0.39 is 12.6 Å². The van der Waals surface area contributed by atoms with E-state index in [0.29, 0.717) is 17.2 Å². The second-order valence-electron chi connectivity index (χ2n) is 8.25. The second-order valence-corrected chi connectivity index (χ2v) is 9.51. The highest BCUT2D eigenvalue weighted by atomic mass is 79.9. The number of unbranched alkanes of at least 4 members (excludes halogenated alkanes) is 1. The number of rotatable bonds is 7. The predicted octanol–water partition coefficient (Wildman–Crippen LogP) is 10.6. The van der Waals surface area contributed by atoms with Gasteiger partial charge in [-0.05, 0) is 67.5 Å². The lowest BCUT2D eigenvalue weighted by Crippen LogP contribution is -2.12. The minimum absolute atomic E-state index is 0.246. The molecule has 1 unspecified atom stereocenters. The van der Waals surface area contributed by atoms with Gasteiger partial charge in [0.2, 0.25) is 0 Å². The van der Waals surface area contributed by atoms with Crippen LogP contribution in [0.5, 0.6) is 5.75 Å². The van der Waals surface area contributed by atoms with Crippen LogP contribution in [0, 0.1) is 18.3 Å². The summed E-state index contributed by atoms with van der Waals surface area (Å²) in [5.41, 5.74) is 3.90. The average molecular weight is 592 g/mol. The Morgan fingerprint density at radius 3 is 1.97 bits per heavy atom. The first-order valence-corrected chi connectivity index (χ1v) is 13.5. The molecule has 0 aliphatic rings. The molecular formula is C28H42BBrClF3NO. The van der Waals surface area contributed by atoms with E-state index in [2.05, 4.69) is 48.8 Å². The lowest BCUT2D eigenvalue weighted by atomic mass is 9.88. The van der Waals surface area contributed by atoms with Crippen molar-refractivity contribution in [2.45, 2.75) is 86.5 Å². The van der Waals surface area contributed by atoms with E-state index in [1.54, 1.807) is 14.0 Å². The topological polar surface area (TPSA) is 33.1 Å². The Hall–Kier alpha value is -1.47. The van der Waals surface area contributed by atoms with Crippen molar-refractivity contribution >= 4 is 40.5 Å². The smallest absolute Gasteiger partial charge is 0.389 e. The third-order valence-corrected chi connectivity index (χ3v) is 6.28. The summed E-state index contributed by atoms with van der Waals surface area (Å²) in [5, 5.41) is 8.78. The molecule has 203 valence electrons. The predicted molar refractivity (Wildman–Crippen MR) is 156 cm³/mol. The fraction of sp³-hybridized carbons (Fsp3) is 0.536. The van der Waals surface area contributed by atoms with E-state index in [-0.39, 0.29) is 12.3 Å². The Kier molecular flexibility index (Phi) is 21.0. The van der Waals surface area contributed by atoms with Crippen LogP contribution >= 0.6 is 27.5 Å². The number of hydrogen-bond donors (Lipinski definition) is 1. The summed E-state index contributed by atoms with van der Waals surface area (Å²) in [5.74, 6) is 1.17. The van der Waals surface area contributed by atoms with Gasteiger partial charge in [-0.1, -0.05) is 87.4 Å². The largest absolute Gasteiger partial charge is 0.497 e. The molecule has 2 aromatic carbocycles. The molecule has 2 rings (SSSR count). The summed E-state index contributed by atoms with van der Waals surface area (Å²) in [6, 6.07) is 11.9. The van der Waals surface area contributed by atoms with Crippen molar-refractivity contribution < 1.29 is 17.9 Å². The van der Waals surface area contributed by atoms with Crippen LogP contribution in [-0.4, -0.2) is 26.3 Å². The molecule has 0 saturated carbocycles. The van der Waals surface area contributed by atoms with Gasteiger partial charge in [-0.15, -0.1) is 0 Å². The second kappa shape index (κ2) is 20.6. The number of nitrogens with one attached hydrogen (secondary N) is 1. The van der Waals surface area contributed by atoms with Crippen LogP contribution in [0.4, 0.5) is 13.2 Å². The molecule has 0 spiro atoms. The Morgan fingerprint density at radius 2 is 1.61 bits per heavy atom. The lowest BCUT2D eigenvalue weighted by Gasteiger charge is -2.15. The molecule has 0 fully saturated rings. The monoisotopic (exact) mass is 590 g/mol. The maximum Gasteiger partial charge on any atom is 0.389 e. The van der Waals surface area contributed by atoms with Gasteiger partial charge in [0.1, 0.15) is 13.0 Å². The van der Waals surface area contributed by atoms with Crippen LogP contribution in [-0.2, 0) is 6.42 Å². The fourth-order valence-corrected chi connectivity index (χ4v) is 3.31. The molecule has 1 N–H and O–H groups in total. The highest BCUT2D eigenvalue weighted by Crippen LogP contribution is 2.29. The number of ether oxygens (including phenoxy) is 1. The average Bonchev–Trinajstić information content (AvgIpc) is 2.85. The van der Waals surface area contributed by atoms with Gasteiger partial charge in [0.05, 0.1) is 7.11 Å². The van der Waals surface area contributed by atoms with Gasteiger partial charge in [-0.2, -0.15) is 13.2 Å². The van der Waals surface area contributed by atoms with Crippen LogP contribution in [0.15, 0.2) is 40.9 Å². The van der Waals surface area contributed by atoms with E-state index in [9.17, 15) is 13.2 Å². The standard InChI is InChI=1S/C12H15BrClN.C9H12O.C5H9F3.C2H6B/c1-4-7(2)12(15)11-8(3)9(13)5-6-10(11)14;1-3-8-4-6-9(10-2)7-5-8;1-2-3-4-5(6,7)8;1-3-2/h5-7,15H,4H2,1-3H3;4-7H,3H2,1-2H3;2-4H2,1H3;1-2H3. The maximum absolute atomic E-state index is 11.2. The Morgan fingerprint density at radius 1 is 1.08 bits per heavy atom. The molecule has 0 aromatic heterocycles. The Bertz CT molecular complexity index is 838. The Labute approximate surface area is 231 Å². The van der Waals surface area contributed by atoms with E-state index in [1.165, 1.54) is 5.56 Å². The summed E-state index contributed by atoms with van der Waals surface area (Å²) in [7, 11) is 3.68. The van der Waals surface area contributed by atoms with Gasteiger partial charge in [-0.25, -0.2) is 0 Å². The molecular weight excluding hydrogens is 549 g/mol. The van der Waals surface area contributed by atoms with Crippen molar-refractivity contribution in [2.75, 3.05) is 7.11 Å². The molecule has 0 heterocycles. The SMILES string of the molecule is CCC(C)C(=N)c1c(Cl)ccc(Br)c1C.CCCCC(F)(F)F.CCc1ccc(OC)cc1.C[B]C. The number of aryl methyl sites for hydroxylation is 1. The summed E-state index contributed by atoms with van der Waals surface area (Å²) in [4.78, 5) is 0. The van der Waals surface area contributed by atoms with E-state index in [0.717, 1.165) is 34.2 Å². The normalized spacial score (nSPS) is 10.9. The summed E-state index contributed by atoms with van der Waals surface area (Å²) in [6.07, 6.45) is -1.67. The molecule has 0 aliphatic heterocycles. The van der Waals surface area contributed by atoms with Crippen molar-refractivity contribution in [3.05, 3.63) is 62.6 Å². The molecule has 0 bridgehead atoms. The van der Waals surface area contributed by atoms with Crippen molar-refractivity contribution in [3.63, 3.8) is 0 Å². The van der Waals surface area contributed by atoms with Crippen LogP contribution in [0.2, 0.25) is 18.7 Å². The van der Waals surface area contributed by atoms with Crippen molar-refractivity contribution in [2.24, 2.45) is 5.92 Å². The van der Waals surface area contributed by atoms with Crippen molar-refractivity contribution in [1.82, 2.24) is 0 Å². The number of benzene rings is 2. The van der Waals surface area contributed by atoms with Crippen LogP contribution in [0.1, 0.15) is 70.1 Å². The van der Waals surface area contributed by atoms with Crippen LogP contribution in [0.3, 0.4) is 0 Å². The molecule has 0 saturated heterocycles. The number of hydrogen-bond acceptors (Lipinski definition) is 2. The van der Waals surface area contributed by atoms with Gasteiger partial charge < -0.3 is 10.1 Å². The first-order valence-electron chi connectivity index (χ1n) is 12.3. The molecule has 0 amide bonds. The van der Waals surface area contributed by atoms with Gasteiger partial charge in [0, 0.05) is 27.2 Å². The highest BCUT2D eigenvalue weighted by Gasteiger charge is 2.25. The summed E-state index contributed by atoms with van der Waals surface area (Å²) < 4.78 is 39.8. The third-order valence-electron chi connectivity index (χ3n) is 5.10. The highest BCUT2D eigenvalue weighted by molar-refractivity contribution is 9.10. The van der Waals surface area contributed by atoms with Crippen LogP contribution < -0.4 is 4.74 Å². The van der Waals surface area contributed by atoms with E-state index in [4.69, 9.17) is 21.7 Å². The van der Waals surface area contributed by atoms with Gasteiger partial charge in [0.25, 0.3) is 0 Å². The number of halogens is 5. The zero-order valence-electron chi connectivity index (χ0n) is 23.0. The molecule has 1 radical (unpaired) electrons. The Balaban J connectivity index is 0. The van der Waals surface area contributed by atoms with Crippen molar-refractivity contribution in [1.29, 1.82) is 5.41 Å². The molecule has 2 aromatic rings. The summed E-state index contributed by atoms with van der Waals surface area (Å²) >= 11 is 9.60. The zero-order valence-corrected chi connectivity index (χ0v) is 25.3. The molecule has 1 atom stereocenters. The number of methoxy groups -OCH3 is 1. The zero-order chi connectivity index (χ0) is 28.3. The van der Waals surface area contributed by atoms with Crippen molar-refractivity contribution in [3.8, 4) is 5.75 Å². The lowest BCUT2D eigenvalue weighted by molar-refractivity contribution is -0.135. The quantitative estimate of drug-likeness (QED) is 0.252.